The fraction of sp³-hybridized carbons (Fsp3) is 0.143. The predicted molar refractivity (Wildman–Crippen MR) is 45.3 cm³/mol. The summed E-state index contributed by atoms with van der Waals surface area (Å²) in [5.74, 6) is -0.261. The highest BCUT2D eigenvalue weighted by atomic mass is 35.5. The fourth-order valence-corrected chi connectivity index (χ4v) is 1.24. The number of hydrogen-bond acceptors (Lipinski definition) is 3. The maximum absolute atomic E-state index is 9.09. The first-order valence-electron chi connectivity index (χ1n) is 3.06. The second-order valence-corrected chi connectivity index (χ2v) is 3.02. The van der Waals surface area contributed by atoms with Crippen LogP contribution in [-0.2, 0) is 0 Å². The van der Waals surface area contributed by atoms with Crippen LogP contribution in [0.2, 0.25) is 10.0 Å². The molecule has 5 heteroatoms. The molecule has 0 unspecified atom stereocenters. The second kappa shape index (κ2) is 3.49. The Balaban J connectivity index is 3.21. The molecule has 0 atom stereocenters. The second-order valence-electron chi connectivity index (χ2n) is 2.21. The summed E-state index contributed by atoms with van der Waals surface area (Å²) in [5.41, 5.74) is 0.141. The lowest BCUT2D eigenvalue weighted by atomic mass is 10.2. The Morgan fingerprint density at radius 3 is 1.83 bits per heavy atom. The molecule has 0 amide bonds. The zero-order valence-electron chi connectivity index (χ0n) is 5.83. The third-order valence-electron chi connectivity index (χ3n) is 1.34. The maximum atomic E-state index is 9.09. The van der Waals surface area contributed by atoms with Crippen molar-refractivity contribution in [2.24, 2.45) is 0 Å². The molecule has 1 rings (SSSR count). The summed E-state index contributed by atoms with van der Waals surface area (Å²) >= 11 is 11.0. The van der Waals surface area contributed by atoms with Gasteiger partial charge in [0, 0.05) is 5.56 Å². The summed E-state index contributed by atoms with van der Waals surface area (Å²) in [5, 5.41) is 26.5. The molecule has 3 nitrogen and oxygen atoms in total. The van der Waals surface area contributed by atoms with Gasteiger partial charge in [-0.2, -0.15) is 0 Å². The highest BCUT2D eigenvalue weighted by Crippen LogP contribution is 2.33. The summed E-state index contributed by atoms with van der Waals surface area (Å²) in [6.07, 6.45) is -1.64. The maximum Gasteiger partial charge on any atom is 0.178 e. The van der Waals surface area contributed by atoms with Crippen molar-refractivity contribution < 1.29 is 15.3 Å². The van der Waals surface area contributed by atoms with Crippen LogP contribution in [0.4, 0.5) is 0 Å². The molecule has 1 aromatic rings. The van der Waals surface area contributed by atoms with Crippen LogP contribution in [0.25, 0.3) is 0 Å². The van der Waals surface area contributed by atoms with Gasteiger partial charge < -0.3 is 15.3 Å². The van der Waals surface area contributed by atoms with Crippen LogP contribution in [-0.4, -0.2) is 15.3 Å². The van der Waals surface area contributed by atoms with Crippen LogP contribution < -0.4 is 0 Å². The van der Waals surface area contributed by atoms with Gasteiger partial charge in [-0.15, -0.1) is 0 Å². The number of aliphatic hydroxyl groups is 2. The molecular weight excluding hydrogens is 203 g/mol. The van der Waals surface area contributed by atoms with Gasteiger partial charge in [-0.05, 0) is 12.1 Å². The van der Waals surface area contributed by atoms with E-state index >= 15 is 0 Å². The summed E-state index contributed by atoms with van der Waals surface area (Å²) in [7, 11) is 0. The number of phenolic OH excluding ortho intramolecular Hbond substituents is 1. The zero-order chi connectivity index (χ0) is 9.30. The van der Waals surface area contributed by atoms with Crippen molar-refractivity contribution in [3.63, 3.8) is 0 Å². The first-order chi connectivity index (χ1) is 5.52. The minimum absolute atomic E-state index is 0.00870. The zero-order valence-corrected chi connectivity index (χ0v) is 7.34. The molecule has 1 aromatic carbocycles. The van der Waals surface area contributed by atoms with Crippen molar-refractivity contribution in [3.05, 3.63) is 27.7 Å². The molecule has 0 saturated carbocycles. The molecule has 0 bridgehead atoms. The molecule has 0 radical (unpaired) electrons. The Morgan fingerprint density at radius 1 is 1.08 bits per heavy atom. The van der Waals surface area contributed by atoms with Crippen LogP contribution in [0.15, 0.2) is 12.1 Å². The van der Waals surface area contributed by atoms with E-state index in [1.54, 1.807) is 0 Å². The van der Waals surface area contributed by atoms with Crippen molar-refractivity contribution >= 4 is 23.2 Å². The minimum atomic E-state index is -1.64. The topological polar surface area (TPSA) is 60.7 Å². The summed E-state index contributed by atoms with van der Waals surface area (Å²) in [6.45, 7) is 0. The van der Waals surface area contributed by atoms with Gasteiger partial charge in [-0.1, -0.05) is 23.2 Å². The highest BCUT2D eigenvalue weighted by molar-refractivity contribution is 6.37. The van der Waals surface area contributed by atoms with Crippen molar-refractivity contribution in [2.45, 2.75) is 6.29 Å². The number of aromatic hydroxyl groups is 1. The van der Waals surface area contributed by atoms with Gasteiger partial charge in [-0.25, -0.2) is 0 Å². The van der Waals surface area contributed by atoms with Crippen molar-refractivity contribution in [2.75, 3.05) is 0 Å². The largest absolute Gasteiger partial charge is 0.505 e. The van der Waals surface area contributed by atoms with E-state index in [2.05, 4.69) is 0 Å². The van der Waals surface area contributed by atoms with Crippen molar-refractivity contribution in [1.82, 2.24) is 0 Å². The molecule has 0 aliphatic rings. The normalized spacial score (nSPS) is 10.8. The Labute approximate surface area is 78.8 Å². The smallest absolute Gasteiger partial charge is 0.178 e. The molecule has 66 valence electrons. The Hall–Kier alpha value is -0.480. The van der Waals surface area contributed by atoms with Crippen molar-refractivity contribution in [3.8, 4) is 5.75 Å². The molecule has 0 aliphatic carbocycles. The monoisotopic (exact) mass is 208 g/mol. The van der Waals surface area contributed by atoms with E-state index in [1.807, 2.05) is 0 Å². The first-order valence-corrected chi connectivity index (χ1v) is 3.82. The van der Waals surface area contributed by atoms with Crippen molar-refractivity contribution in [1.29, 1.82) is 0 Å². The molecule has 12 heavy (non-hydrogen) atoms. The average Bonchev–Trinajstić information content (AvgIpc) is 1.99. The van der Waals surface area contributed by atoms with Crippen LogP contribution in [0, 0.1) is 0 Å². The molecule has 0 heterocycles. The lowest BCUT2D eigenvalue weighted by Crippen LogP contribution is -1.94. The van der Waals surface area contributed by atoms with Crippen LogP contribution in [0.5, 0.6) is 5.75 Å². The average molecular weight is 209 g/mol. The third kappa shape index (κ3) is 1.81. The molecule has 0 spiro atoms. The Morgan fingerprint density at radius 2 is 1.50 bits per heavy atom. The number of aliphatic hydroxyl groups excluding tert-OH is 1. The van der Waals surface area contributed by atoms with E-state index in [9.17, 15) is 0 Å². The van der Waals surface area contributed by atoms with Crippen LogP contribution in [0.3, 0.4) is 0 Å². The van der Waals surface area contributed by atoms with Gasteiger partial charge in [-0.3, -0.25) is 0 Å². The van der Waals surface area contributed by atoms with Crippen LogP contribution in [0.1, 0.15) is 11.9 Å². The van der Waals surface area contributed by atoms with E-state index < -0.39 is 6.29 Å². The van der Waals surface area contributed by atoms with Gasteiger partial charge in [0.05, 0.1) is 10.0 Å². The van der Waals surface area contributed by atoms with Crippen LogP contribution >= 0.6 is 23.2 Å². The summed E-state index contributed by atoms with van der Waals surface area (Å²) < 4.78 is 0. The fourth-order valence-electron chi connectivity index (χ4n) is 0.734. The quantitative estimate of drug-likeness (QED) is 0.616. The molecule has 0 aliphatic heterocycles. The third-order valence-corrected chi connectivity index (χ3v) is 1.91. The number of rotatable bonds is 1. The lowest BCUT2D eigenvalue weighted by Gasteiger charge is -2.06. The van der Waals surface area contributed by atoms with Gasteiger partial charge >= 0.3 is 0 Å². The van der Waals surface area contributed by atoms with E-state index in [-0.39, 0.29) is 21.4 Å². The van der Waals surface area contributed by atoms with E-state index in [4.69, 9.17) is 38.5 Å². The first kappa shape index (κ1) is 9.61. The Kier molecular flexibility index (Phi) is 2.80. The molecular formula is C7H6Cl2O3. The van der Waals surface area contributed by atoms with Gasteiger partial charge in [0.2, 0.25) is 0 Å². The summed E-state index contributed by atoms with van der Waals surface area (Å²) in [4.78, 5) is 0. The molecule has 0 saturated heterocycles. The molecule has 3 N–H and O–H groups in total. The van der Waals surface area contributed by atoms with E-state index in [0.29, 0.717) is 0 Å². The number of phenols is 1. The standard InChI is InChI=1S/C7H6Cl2O3/c8-4-1-3(7(11)12)2-5(9)6(4)10/h1-2,7,10-12H. The lowest BCUT2D eigenvalue weighted by molar-refractivity contribution is -0.0424. The van der Waals surface area contributed by atoms with Gasteiger partial charge in [0.1, 0.15) is 0 Å². The number of benzene rings is 1. The predicted octanol–water partition coefficient (Wildman–Crippen LogP) is 1.68. The summed E-state index contributed by atoms with van der Waals surface area (Å²) in [6, 6.07) is 2.46. The Bertz CT molecular complexity index is 276. The van der Waals surface area contributed by atoms with Gasteiger partial charge in [0.25, 0.3) is 0 Å². The number of halogens is 2. The minimum Gasteiger partial charge on any atom is -0.505 e. The van der Waals surface area contributed by atoms with E-state index in [1.165, 1.54) is 12.1 Å². The highest BCUT2D eigenvalue weighted by Gasteiger charge is 2.10. The molecule has 0 fully saturated rings. The molecule has 0 aromatic heterocycles. The number of hydrogen-bond donors (Lipinski definition) is 3. The van der Waals surface area contributed by atoms with E-state index in [0.717, 1.165) is 0 Å². The van der Waals surface area contributed by atoms with Gasteiger partial charge in [0.15, 0.2) is 12.0 Å². The SMILES string of the molecule is Oc1c(Cl)cc(C(O)O)cc1Cl.